The summed E-state index contributed by atoms with van der Waals surface area (Å²) in [6.07, 6.45) is 5.54. The molecule has 0 rings (SSSR count). The van der Waals surface area contributed by atoms with E-state index in [2.05, 4.69) is 6.58 Å². The lowest BCUT2D eigenvalue weighted by Gasteiger charge is -1.89. The fraction of sp³-hybridized carbons (Fsp3) is 0.429. The Morgan fingerprint density at radius 1 is 1.75 bits per heavy atom. The van der Waals surface area contributed by atoms with Crippen LogP contribution in [0.1, 0.15) is 19.8 Å². The molecule has 0 heterocycles. The van der Waals surface area contributed by atoms with Crippen molar-refractivity contribution in [1.29, 1.82) is 0 Å². The summed E-state index contributed by atoms with van der Waals surface area (Å²) in [4.78, 5) is 0. The Labute approximate surface area is 50.3 Å². The van der Waals surface area contributed by atoms with E-state index in [9.17, 15) is 0 Å². The minimum atomic E-state index is 0.267. The van der Waals surface area contributed by atoms with Gasteiger partial charge in [-0.3, -0.25) is 0 Å². The minimum Gasteiger partial charge on any atom is -0.513 e. The van der Waals surface area contributed by atoms with Crippen LogP contribution < -0.4 is 0 Å². The van der Waals surface area contributed by atoms with Crippen LogP contribution in [0, 0.1) is 0 Å². The highest BCUT2D eigenvalue weighted by Crippen LogP contribution is 1.97. The average molecular weight is 112 g/mol. The van der Waals surface area contributed by atoms with Crippen molar-refractivity contribution < 1.29 is 5.11 Å². The molecule has 0 aromatic rings. The SMILES string of the molecule is C=C(O)CC/C=C/C. The first kappa shape index (κ1) is 7.28. The quantitative estimate of drug-likeness (QED) is 0.439. The second-order valence-electron chi connectivity index (χ2n) is 1.67. The first-order valence-electron chi connectivity index (χ1n) is 2.75. The lowest BCUT2D eigenvalue weighted by Crippen LogP contribution is -1.74. The van der Waals surface area contributed by atoms with E-state index in [1.807, 2.05) is 19.1 Å². The Morgan fingerprint density at radius 3 is 2.75 bits per heavy atom. The molecule has 0 fully saturated rings. The summed E-state index contributed by atoms with van der Waals surface area (Å²) in [7, 11) is 0. The monoisotopic (exact) mass is 112 g/mol. The number of allylic oxidation sites excluding steroid dienone is 3. The van der Waals surface area contributed by atoms with Crippen LogP contribution in [0.4, 0.5) is 0 Å². The van der Waals surface area contributed by atoms with Gasteiger partial charge in [0.2, 0.25) is 0 Å². The number of hydrogen-bond donors (Lipinski definition) is 1. The molecule has 0 amide bonds. The van der Waals surface area contributed by atoms with Gasteiger partial charge in [0.25, 0.3) is 0 Å². The standard InChI is InChI=1S/C7H12O/c1-3-4-5-6-7(2)8/h3-4,8H,2,5-6H2,1H3/b4-3+. The largest absolute Gasteiger partial charge is 0.513 e. The van der Waals surface area contributed by atoms with Gasteiger partial charge in [0.05, 0.1) is 5.76 Å². The molecular formula is C7H12O. The van der Waals surface area contributed by atoms with Gasteiger partial charge < -0.3 is 5.11 Å². The zero-order chi connectivity index (χ0) is 6.41. The Bertz CT molecular complexity index is 92.6. The molecule has 0 saturated carbocycles. The highest BCUT2D eigenvalue weighted by Gasteiger charge is 1.82. The lowest BCUT2D eigenvalue weighted by atomic mass is 10.3. The maximum Gasteiger partial charge on any atom is 0.0854 e. The molecular weight excluding hydrogens is 100 g/mol. The van der Waals surface area contributed by atoms with E-state index < -0.39 is 0 Å². The number of rotatable bonds is 3. The van der Waals surface area contributed by atoms with Crippen LogP contribution in [0.25, 0.3) is 0 Å². The van der Waals surface area contributed by atoms with Crippen molar-refractivity contribution in [2.45, 2.75) is 19.8 Å². The van der Waals surface area contributed by atoms with Gasteiger partial charge in [-0.25, -0.2) is 0 Å². The summed E-state index contributed by atoms with van der Waals surface area (Å²) in [6.45, 7) is 5.31. The average Bonchev–Trinajstić information content (AvgIpc) is 1.66. The molecule has 0 aromatic carbocycles. The number of aliphatic hydroxyl groups is 1. The molecule has 1 heteroatoms. The van der Waals surface area contributed by atoms with E-state index in [1.165, 1.54) is 0 Å². The third kappa shape index (κ3) is 5.28. The zero-order valence-corrected chi connectivity index (χ0v) is 5.22. The molecule has 8 heavy (non-hydrogen) atoms. The van der Waals surface area contributed by atoms with Crippen molar-refractivity contribution in [1.82, 2.24) is 0 Å². The molecule has 46 valence electrons. The topological polar surface area (TPSA) is 20.2 Å². The van der Waals surface area contributed by atoms with Gasteiger partial charge in [0, 0.05) is 6.42 Å². The number of hydrogen-bond acceptors (Lipinski definition) is 1. The Hall–Kier alpha value is -0.720. The molecule has 0 saturated heterocycles. The van der Waals surface area contributed by atoms with Crippen LogP contribution in [-0.4, -0.2) is 5.11 Å². The Kier molecular flexibility index (Phi) is 4.04. The lowest BCUT2D eigenvalue weighted by molar-refractivity contribution is 0.392. The Morgan fingerprint density at radius 2 is 2.38 bits per heavy atom. The predicted molar refractivity (Wildman–Crippen MR) is 35.8 cm³/mol. The first-order valence-corrected chi connectivity index (χ1v) is 2.75. The summed E-state index contributed by atoms with van der Waals surface area (Å²) in [5.74, 6) is 0.267. The summed E-state index contributed by atoms with van der Waals surface area (Å²) in [6, 6.07) is 0. The summed E-state index contributed by atoms with van der Waals surface area (Å²) in [5, 5.41) is 8.55. The molecule has 0 aliphatic carbocycles. The Balaban J connectivity index is 3.05. The summed E-state index contributed by atoms with van der Waals surface area (Å²) >= 11 is 0. The third-order valence-corrected chi connectivity index (χ3v) is 0.835. The molecule has 1 nitrogen and oxygen atoms in total. The van der Waals surface area contributed by atoms with Crippen LogP contribution in [0.2, 0.25) is 0 Å². The highest BCUT2D eigenvalue weighted by molar-refractivity contribution is 4.85. The maximum absolute atomic E-state index is 8.55. The van der Waals surface area contributed by atoms with Gasteiger partial charge in [-0.05, 0) is 13.3 Å². The van der Waals surface area contributed by atoms with Crippen LogP contribution in [0.3, 0.4) is 0 Å². The zero-order valence-electron chi connectivity index (χ0n) is 5.22. The molecule has 0 aliphatic heterocycles. The van der Waals surface area contributed by atoms with Crippen molar-refractivity contribution in [2.75, 3.05) is 0 Å². The van der Waals surface area contributed by atoms with Crippen LogP contribution in [0.15, 0.2) is 24.5 Å². The van der Waals surface area contributed by atoms with Gasteiger partial charge in [-0.15, -0.1) is 0 Å². The fourth-order valence-corrected chi connectivity index (χ4v) is 0.417. The molecule has 0 bridgehead atoms. The van der Waals surface area contributed by atoms with E-state index in [1.54, 1.807) is 0 Å². The molecule has 0 radical (unpaired) electrons. The van der Waals surface area contributed by atoms with Gasteiger partial charge in [-0.2, -0.15) is 0 Å². The molecule has 1 N–H and O–H groups in total. The van der Waals surface area contributed by atoms with Crippen LogP contribution >= 0.6 is 0 Å². The van der Waals surface area contributed by atoms with Crippen molar-refractivity contribution in [3.63, 3.8) is 0 Å². The van der Waals surface area contributed by atoms with Crippen LogP contribution in [0.5, 0.6) is 0 Å². The minimum absolute atomic E-state index is 0.267. The third-order valence-electron chi connectivity index (χ3n) is 0.835. The summed E-state index contributed by atoms with van der Waals surface area (Å²) < 4.78 is 0. The van der Waals surface area contributed by atoms with E-state index in [0.717, 1.165) is 6.42 Å². The summed E-state index contributed by atoms with van der Waals surface area (Å²) in [5.41, 5.74) is 0. The molecule has 0 unspecified atom stereocenters. The van der Waals surface area contributed by atoms with E-state index in [-0.39, 0.29) is 5.76 Å². The highest BCUT2D eigenvalue weighted by atomic mass is 16.3. The van der Waals surface area contributed by atoms with Crippen molar-refractivity contribution in [3.8, 4) is 0 Å². The second kappa shape index (κ2) is 4.44. The predicted octanol–water partition coefficient (Wildman–Crippen LogP) is 2.41. The van der Waals surface area contributed by atoms with Gasteiger partial charge >= 0.3 is 0 Å². The van der Waals surface area contributed by atoms with Gasteiger partial charge in [0.15, 0.2) is 0 Å². The van der Waals surface area contributed by atoms with Crippen molar-refractivity contribution in [2.24, 2.45) is 0 Å². The van der Waals surface area contributed by atoms with E-state index in [0.29, 0.717) is 6.42 Å². The molecule has 0 aromatic heterocycles. The van der Waals surface area contributed by atoms with Crippen molar-refractivity contribution >= 4 is 0 Å². The van der Waals surface area contributed by atoms with Crippen LogP contribution in [-0.2, 0) is 0 Å². The normalized spacial score (nSPS) is 10.1. The maximum atomic E-state index is 8.55. The molecule has 0 atom stereocenters. The molecule has 0 spiro atoms. The first-order chi connectivity index (χ1) is 3.77. The van der Waals surface area contributed by atoms with Crippen molar-refractivity contribution in [3.05, 3.63) is 24.5 Å². The molecule has 0 aliphatic rings. The fourth-order valence-electron chi connectivity index (χ4n) is 0.417. The number of aliphatic hydroxyl groups excluding tert-OH is 1. The van der Waals surface area contributed by atoms with Gasteiger partial charge in [0.1, 0.15) is 0 Å². The van der Waals surface area contributed by atoms with E-state index in [4.69, 9.17) is 5.11 Å². The van der Waals surface area contributed by atoms with Gasteiger partial charge in [-0.1, -0.05) is 18.7 Å². The second-order valence-corrected chi connectivity index (χ2v) is 1.67. The van der Waals surface area contributed by atoms with E-state index >= 15 is 0 Å². The smallest absolute Gasteiger partial charge is 0.0854 e.